The molecule has 1 aliphatic rings. The molecule has 1 heterocycles. The second kappa shape index (κ2) is 7.43. The SMILES string of the molecule is CC(=O)N[C@@H]1C(=O)N(Cc2ccccc2OC(C)C)c2c(C)ccc(C)c21. The van der Waals surface area contributed by atoms with Gasteiger partial charge in [0.1, 0.15) is 11.8 Å². The number of aryl methyl sites for hydroxylation is 2. The quantitative estimate of drug-likeness (QED) is 0.875. The molecule has 0 radical (unpaired) electrons. The second-order valence-corrected chi connectivity index (χ2v) is 7.29. The molecule has 2 aromatic rings. The van der Waals surface area contributed by atoms with Gasteiger partial charge in [0.2, 0.25) is 5.91 Å². The molecular weight excluding hydrogens is 340 g/mol. The number of ether oxygens (including phenoxy) is 1. The molecule has 142 valence electrons. The highest BCUT2D eigenvalue weighted by atomic mass is 16.5. The van der Waals surface area contributed by atoms with E-state index in [1.54, 1.807) is 4.90 Å². The van der Waals surface area contributed by atoms with Crippen LogP contribution in [-0.4, -0.2) is 17.9 Å². The number of hydrogen-bond donors (Lipinski definition) is 1. The fraction of sp³-hybridized carbons (Fsp3) is 0.364. The molecule has 2 aromatic carbocycles. The van der Waals surface area contributed by atoms with E-state index in [9.17, 15) is 9.59 Å². The van der Waals surface area contributed by atoms with Crippen LogP contribution in [0.5, 0.6) is 5.75 Å². The summed E-state index contributed by atoms with van der Waals surface area (Å²) in [6, 6.07) is 11.1. The molecule has 0 spiro atoms. The fourth-order valence-electron chi connectivity index (χ4n) is 3.60. The molecule has 0 saturated carbocycles. The molecule has 2 amide bonds. The van der Waals surface area contributed by atoms with Gasteiger partial charge in [0.05, 0.1) is 18.3 Å². The zero-order chi connectivity index (χ0) is 19.7. The summed E-state index contributed by atoms with van der Waals surface area (Å²) in [6.07, 6.45) is 0.0452. The first kappa shape index (κ1) is 19.0. The summed E-state index contributed by atoms with van der Waals surface area (Å²) in [5.41, 5.74) is 4.72. The predicted molar refractivity (Wildman–Crippen MR) is 106 cm³/mol. The van der Waals surface area contributed by atoms with Gasteiger partial charge >= 0.3 is 0 Å². The fourth-order valence-corrected chi connectivity index (χ4v) is 3.60. The maximum absolute atomic E-state index is 13.2. The second-order valence-electron chi connectivity index (χ2n) is 7.29. The number of carbonyl (C=O) groups excluding carboxylic acids is 2. The number of amides is 2. The molecule has 0 saturated heterocycles. The van der Waals surface area contributed by atoms with Crippen molar-refractivity contribution < 1.29 is 14.3 Å². The molecule has 27 heavy (non-hydrogen) atoms. The lowest BCUT2D eigenvalue weighted by atomic mass is 9.99. The highest BCUT2D eigenvalue weighted by Gasteiger charge is 2.40. The van der Waals surface area contributed by atoms with Gasteiger partial charge in [-0.05, 0) is 44.9 Å². The lowest BCUT2D eigenvalue weighted by Crippen LogP contribution is -2.36. The molecule has 5 nitrogen and oxygen atoms in total. The standard InChI is InChI=1S/C22H26N2O3/c1-13(2)27-18-9-7-6-8-17(18)12-24-21-15(4)11-10-14(3)19(21)20(22(24)26)23-16(5)25/h6-11,13,20H,12H2,1-5H3,(H,23,25)/t20-/m0/s1. The lowest BCUT2D eigenvalue weighted by Gasteiger charge is -2.22. The first-order valence-corrected chi connectivity index (χ1v) is 9.22. The molecule has 0 aliphatic carbocycles. The molecule has 3 rings (SSSR count). The number of nitrogens with zero attached hydrogens (tertiary/aromatic N) is 1. The van der Waals surface area contributed by atoms with Gasteiger partial charge in [-0.15, -0.1) is 0 Å². The number of carbonyl (C=O) groups is 2. The Bertz CT molecular complexity index is 889. The van der Waals surface area contributed by atoms with E-state index in [1.165, 1.54) is 6.92 Å². The Morgan fingerprint density at radius 3 is 2.48 bits per heavy atom. The van der Waals surface area contributed by atoms with E-state index in [0.717, 1.165) is 33.7 Å². The van der Waals surface area contributed by atoms with Crippen LogP contribution in [-0.2, 0) is 16.1 Å². The Hall–Kier alpha value is -2.82. The average Bonchev–Trinajstić information content (AvgIpc) is 2.86. The molecule has 1 aliphatic heterocycles. The minimum Gasteiger partial charge on any atom is -0.491 e. The van der Waals surface area contributed by atoms with E-state index in [2.05, 4.69) is 5.32 Å². The van der Waals surface area contributed by atoms with Crippen LogP contribution in [0.4, 0.5) is 5.69 Å². The molecular formula is C22H26N2O3. The topological polar surface area (TPSA) is 58.6 Å². The molecule has 1 atom stereocenters. The number of nitrogens with one attached hydrogen (secondary N) is 1. The highest BCUT2D eigenvalue weighted by Crippen LogP contribution is 2.42. The van der Waals surface area contributed by atoms with Crippen LogP contribution in [0.25, 0.3) is 0 Å². The van der Waals surface area contributed by atoms with Crippen LogP contribution < -0.4 is 15.0 Å². The van der Waals surface area contributed by atoms with Gasteiger partial charge < -0.3 is 15.0 Å². The van der Waals surface area contributed by atoms with E-state index in [4.69, 9.17) is 4.74 Å². The van der Waals surface area contributed by atoms with Gasteiger partial charge in [0.15, 0.2) is 0 Å². The van der Waals surface area contributed by atoms with Crippen molar-refractivity contribution in [3.63, 3.8) is 0 Å². The van der Waals surface area contributed by atoms with Crippen molar-refractivity contribution in [2.45, 2.75) is 53.3 Å². The van der Waals surface area contributed by atoms with Crippen LogP contribution in [0.1, 0.15) is 49.1 Å². The third-order valence-electron chi connectivity index (χ3n) is 4.72. The molecule has 5 heteroatoms. The summed E-state index contributed by atoms with van der Waals surface area (Å²) >= 11 is 0. The summed E-state index contributed by atoms with van der Waals surface area (Å²) < 4.78 is 5.92. The summed E-state index contributed by atoms with van der Waals surface area (Å²) in [4.78, 5) is 26.7. The summed E-state index contributed by atoms with van der Waals surface area (Å²) in [7, 11) is 0. The van der Waals surface area contributed by atoms with Gasteiger partial charge in [-0.3, -0.25) is 9.59 Å². The van der Waals surface area contributed by atoms with E-state index >= 15 is 0 Å². The number of benzene rings is 2. The largest absolute Gasteiger partial charge is 0.491 e. The zero-order valence-corrected chi connectivity index (χ0v) is 16.5. The summed E-state index contributed by atoms with van der Waals surface area (Å²) in [5.74, 6) is 0.442. The van der Waals surface area contributed by atoms with Crippen molar-refractivity contribution in [1.29, 1.82) is 0 Å². The Kier molecular flexibility index (Phi) is 5.22. The zero-order valence-electron chi connectivity index (χ0n) is 16.5. The molecule has 0 unspecified atom stereocenters. The molecule has 0 fully saturated rings. The van der Waals surface area contributed by atoms with Gasteiger partial charge in [0, 0.05) is 18.1 Å². The van der Waals surface area contributed by atoms with Crippen molar-refractivity contribution in [3.05, 3.63) is 58.7 Å². The first-order chi connectivity index (χ1) is 12.8. The number of anilines is 1. The maximum atomic E-state index is 13.2. The Labute approximate surface area is 160 Å². The molecule has 0 bridgehead atoms. The van der Waals surface area contributed by atoms with Crippen molar-refractivity contribution in [3.8, 4) is 5.75 Å². The molecule has 0 aromatic heterocycles. The van der Waals surface area contributed by atoms with Crippen molar-refractivity contribution in [2.24, 2.45) is 0 Å². The highest BCUT2D eigenvalue weighted by molar-refractivity contribution is 6.07. The first-order valence-electron chi connectivity index (χ1n) is 9.22. The van der Waals surface area contributed by atoms with E-state index in [0.29, 0.717) is 6.54 Å². The van der Waals surface area contributed by atoms with Crippen LogP contribution >= 0.6 is 0 Å². The Balaban J connectivity index is 2.04. The number of rotatable bonds is 5. The monoisotopic (exact) mass is 366 g/mol. The van der Waals surface area contributed by atoms with Gasteiger partial charge in [-0.1, -0.05) is 30.3 Å². The van der Waals surface area contributed by atoms with Crippen molar-refractivity contribution >= 4 is 17.5 Å². The summed E-state index contributed by atoms with van der Waals surface area (Å²) in [5, 5.41) is 2.82. The average molecular weight is 366 g/mol. The molecule has 1 N–H and O–H groups in total. The third kappa shape index (κ3) is 3.68. The Morgan fingerprint density at radius 2 is 1.81 bits per heavy atom. The van der Waals surface area contributed by atoms with Crippen LogP contribution in [0.2, 0.25) is 0 Å². The lowest BCUT2D eigenvalue weighted by molar-refractivity contribution is -0.126. The maximum Gasteiger partial charge on any atom is 0.254 e. The van der Waals surface area contributed by atoms with E-state index in [-0.39, 0.29) is 17.9 Å². The van der Waals surface area contributed by atoms with Gasteiger partial charge in [-0.2, -0.15) is 0 Å². The number of fused-ring (bicyclic) bond motifs is 1. The minimum atomic E-state index is -0.643. The smallest absolute Gasteiger partial charge is 0.254 e. The normalized spacial score (nSPS) is 15.9. The Morgan fingerprint density at radius 1 is 1.15 bits per heavy atom. The third-order valence-corrected chi connectivity index (χ3v) is 4.72. The van der Waals surface area contributed by atoms with Gasteiger partial charge in [-0.25, -0.2) is 0 Å². The number of para-hydroxylation sites is 1. The number of hydrogen-bond acceptors (Lipinski definition) is 3. The van der Waals surface area contributed by atoms with Gasteiger partial charge in [0.25, 0.3) is 5.91 Å². The van der Waals surface area contributed by atoms with Crippen molar-refractivity contribution in [1.82, 2.24) is 5.32 Å². The summed E-state index contributed by atoms with van der Waals surface area (Å²) in [6.45, 7) is 9.76. The van der Waals surface area contributed by atoms with E-state index < -0.39 is 6.04 Å². The van der Waals surface area contributed by atoms with E-state index in [1.807, 2.05) is 64.1 Å². The predicted octanol–water partition coefficient (Wildman–Crippen LogP) is 3.81. The van der Waals surface area contributed by atoms with Crippen molar-refractivity contribution in [2.75, 3.05) is 4.90 Å². The van der Waals surface area contributed by atoms with Crippen LogP contribution in [0.3, 0.4) is 0 Å². The van der Waals surface area contributed by atoms with Crippen LogP contribution in [0.15, 0.2) is 36.4 Å². The van der Waals surface area contributed by atoms with Crippen LogP contribution in [0, 0.1) is 13.8 Å². The minimum absolute atomic E-state index is 0.0452.